The van der Waals surface area contributed by atoms with E-state index in [1.165, 1.54) is 30.0 Å². The Morgan fingerprint density at radius 2 is 1.74 bits per heavy atom. The van der Waals surface area contributed by atoms with Crippen molar-refractivity contribution in [1.82, 2.24) is 10.2 Å². The summed E-state index contributed by atoms with van der Waals surface area (Å²) in [6.45, 7) is 1.67. The van der Waals surface area contributed by atoms with Crippen LogP contribution in [0, 0.1) is 11.3 Å². The molecule has 1 N–H and O–H groups in total. The van der Waals surface area contributed by atoms with Crippen molar-refractivity contribution in [2.24, 2.45) is 0 Å². The van der Waals surface area contributed by atoms with Crippen LogP contribution in [0.4, 0.5) is 0 Å². The van der Waals surface area contributed by atoms with E-state index >= 15 is 0 Å². The monoisotopic (exact) mass is 473 g/mol. The van der Waals surface area contributed by atoms with Crippen LogP contribution in [0.25, 0.3) is 0 Å². The molecule has 1 aliphatic carbocycles. The number of ether oxygens (including phenoxy) is 1. The second kappa shape index (κ2) is 10.1. The van der Waals surface area contributed by atoms with Gasteiger partial charge in [0.25, 0.3) is 17.7 Å². The van der Waals surface area contributed by atoms with Crippen molar-refractivity contribution in [3.05, 3.63) is 70.8 Å². The molecule has 1 atom stereocenters. The molecule has 0 spiro atoms. The molecule has 8 nitrogen and oxygen atoms in total. The van der Waals surface area contributed by atoms with Gasteiger partial charge in [-0.05, 0) is 49.9 Å². The number of nitriles is 1. The molecule has 1 unspecified atom stereocenters. The Hall–Kier alpha value is -3.99. The van der Waals surface area contributed by atoms with Crippen LogP contribution >= 0.6 is 0 Å². The van der Waals surface area contributed by atoms with Gasteiger partial charge in [-0.3, -0.25) is 19.3 Å². The van der Waals surface area contributed by atoms with Gasteiger partial charge in [0.2, 0.25) is 0 Å². The highest BCUT2D eigenvalue weighted by Crippen LogP contribution is 2.28. The molecule has 2 aliphatic rings. The second-order valence-electron chi connectivity index (χ2n) is 9.05. The lowest BCUT2D eigenvalue weighted by Gasteiger charge is -2.32. The van der Waals surface area contributed by atoms with Gasteiger partial charge < -0.3 is 10.1 Å². The van der Waals surface area contributed by atoms with Gasteiger partial charge in [-0.2, -0.15) is 5.26 Å². The van der Waals surface area contributed by atoms with E-state index in [9.17, 15) is 24.4 Å². The first-order valence-electron chi connectivity index (χ1n) is 11.8. The number of amides is 3. The minimum Gasteiger partial charge on any atom is -0.449 e. The van der Waals surface area contributed by atoms with Crippen molar-refractivity contribution in [2.75, 3.05) is 6.54 Å². The lowest BCUT2D eigenvalue weighted by Crippen LogP contribution is -2.52. The summed E-state index contributed by atoms with van der Waals surface area (Å²) >= 11 is 0. The van der Waals surface area contributed by atoms with Crippen LogP contribution in [0.5, 0.6) is 0 Å². The van der Waals surface area contributed by atoms with E-state index in [0.717, 1.165) is 24.8 Å². The molecular formula is C27H27N3O5. The van der Waals surface area contributed by atoms with Gasteiger partial charge >= 0.3 is 5.97 Å². The van der Waals surface area contributed by atoms with Crippen molar-refractivity contribution in [2.45, 2.75) is 57.1 Å². The molecule has 1 saturated carbocycles. The highest BCUT2D eigenvalue weighted by atomic mass is 16.5. The van der Waals surface area contributed by atoms with Gasteiger partial charge in [0.05, 0.1) is 22.8 Å². The Morgan fingerprint density at radius 1 is 1.06 bits per heavy atom. The number of nitrogens with one attached hydrogen (secondary N) is 1. The average Bonchev–Trinajstić information content (AvgIpc) is 3.12. The Bertz CT molecular complexity index is 1200. The Morgan fingerprint density at radius 3 is 2.43 bits per heavy atom. The molecule has 0 bridgehead atoms. The summed E-state index contributed by atoms with van der Waals surface area (Å²) in [4.78, 5) is 52.1. The topological polar surface area (TPSA) is 117 Å². The van der Waals surface area contributed by atoms with Crippen LogP contribution in [0.1, 0.15) is 75.7 Å². The first-order chi connectivity index (χ1) is 16.8. The quantitative estimate of drug-likeness (QED) is 0.487. The standard InChI is InChI=1S/C27H27N3O5/c1-18(23(31)29-27(17-28)13-6-3-7-14-27)35-26(34)20-10-11-21-22(16-20)25(33)30(24(21)32)15-12-19-8-4-2-5-9-19/h2,4-5,8-11,16,18H,3,6-7,12-15H2,1H3,(H,29,31). The first kappa shape index (κ1) is 24.1. The maximum absolute atomic E-state index is 12.9. The number of carbonyl (C=O) groups is 4. The Kier molecular flexibility index (Phi) is 6.97. The first-order valence-corrected chi connectivity index (χ1v) is 11.8. The van der Waals surface area contributed by atoms with E-state index in [-0.39, 0.29) is 23.2 Å². The molecule has 180 valence electrons. The van der Waals surface area contributed by atoms with Crippen LogP contribution in [0.15, 0.2) is 48.5 Å². The molecule has 4 rings (SSSR count). The number of fused-ring (bicyclic) bond motifs is 1. The predicted octanol–water partition coefficient (Wildman–Crippen LogP) is 3.41. The van der Waals surface area contributed by atoms with Crippen LogP contribution < -0.4 is 5.32 Å². The molecule has 35 heavy (non-hydrogen) atoms. The van der Waals surface area contributed by atoms with Crippen LogP contribution in [-0.4, -0.2) is 46.8 Å². The number of nitrogens with zero attached hydrogens (tertiary/aromatic N) is 2. The third kappa shape index (κ3) is 5.09. The minimum atomic E-state index is -1.12. The van der Waals surface area contributed by atoms with Crippen LogP contribution in [0.3, 0.4) is 0 Å². The number of benzene rings is 2. The summed E-state index contributed by atoms with van der Waals surface area (Å²) in [6, 6.07) is 15.9. The van der Waals surface area contributed by atoms with Crippen molar-refractivity contribution >= 4 is 23.7 Å². The van der Waals surface area contributed by atoms with Crippen molar-refractivity contribution in [1.29, 1.82) is 5.26 Å². The molecular weight excluding hydrogens is 446 g/mol. The molecule has 1 heterocycles. The van der Waals surface area contributed by atoms with Crippen molar-refractivity contribution in [3.8, 4) is 6.07 Å². The molecule has 1 fully saturated rings. The molecule has 2 aromatic carbocycles. The number of imide groups is 1. The predicted molar refractivity (Wildman–Crippen MR) is 126 cm³/mol. The highest BCUT2D eigenvalue weighted by Gasteiger charge is 2.37. The molecule has 0 radical (unpaired) electrons. The molecule has 2 aromatic rings. The van der Waals surface area contributed by atoms with E-state index in [1.54, 1.807) is 0 Å². The zero-order valence-electron chi connectivity index (χ0n) is 19.6. The fourth-order valence-electron chi connectivity index (χ4n) is 4.55. The van der Waals surface area contributed by atoms with E-state index in [4.69, 9.17) is 4.74 Å². The fraction of sp³-hybridized carbons (Fsp3) is 0.370. The summed E-state index contributed by atoms with van der Waals surface area (Å²) in [5.74, 6) is -2.19. The summed E-state index contributed by atoms with van der Waals surface area (Å²) in [5.41, 5.74) is 0.521. The van der Waals surface area contributed by atoms with Gasteiger partial charge in [0.15, 0.2) is 6.10 Å². The molecule has 8 heteroatoms. The molecule has 1 aliphatic heterocycles. The highest BCUT2D eigenvalue weighted by molar-refractivity contribution is 6.22. The maximum Gasteiger partial charge on any atom is 0.338 e. The van der Waals surface area contributed by atoms with E-state index in [2.05, 4.69) is 11.4 Å². The van der Waals surface area contributed by atoms with Crippen molar-refractivity contribution in [3.63, 3.8) is 0 Å². The smallest absolute Gasteiger partial charge is 0.338 e. The summed E-state index contributed by atoms with van der Waals surface area (Å²) in [6.07, 6.45) is 3.27. The van der Waals surface area contributed by atoms with E-state index in [0.29, 0.717) is 19.3 Å². The molecule has 0 saturated heterocycles. The van der Waals surface area contributed by atoms with Crippen LogP contribution in [-0.2, 0) is 16.0 Å². The normalized spacial score (nSPS) is 17.3. The average molecular weight is 474 g/mol. The van der Waals surface area contributed by atoms with Gasteiger partial charge in [-0.1, -0.05) is 49.6 Å². The third-order valence-corrected chi connectivity index (χ3v) is 6.61. The SMILES string of the molecule is CC(OC(=O)c1ccc2c(c1)C(=O)N(CCc1ccccc1)C2=O)C(=O)NC1(C#N)CCCCC1. The third-order valence-electron chi connectivity index (χ3n) is 6.61. The van der Waals surface area contributed by atoms with Gasteiger partial charge in [0.1, 0.15) is 5.54 Å². The van der Waals surface area contributed by atoms with E-state index in [1.807, 2.05) is 30.3 Å². The van der Waals surface area contributed by atoms with E-state index < -0.39 is 35.3 Å². The van der Waals surface area contributed by atoms with Crippen LogP contribution in [0.2, 0.25) is 0 Å². The minimum absolute atomic E-state index is 0.0714. The second-order valence-corrected chi connectivity index (χ2v) is 9.05. The lowest BCUT2D eigenvalue weighted by atomic mass is 9.83. The lowest BCUT2D eigenvalue weighted by molar-refractivity contribution is -0.130. The Balaban J connectivity index is 1.40. The number of esters is 1. The zero-order chi connectivity index (χ0) is 25.0. The number of carbonyl (C=O) groups excluding carboxylic acids is 4. The number of rotatable bonds is 7. The number of hydrogen-bond donors (Lipinski definition) is 1. The number of hydrogen-bond acceptors (Lipinski definition) is 6. The largest absolute Gasteiger partial charge is 0.449 e. The summed E-state index contributed by atoms with van der Waals surface area (Å²) in [5, 5.41) is 12.3. The summed E-state index contributed by atoms with van der Waals surface area (Å²) < 4.78 is 5.31. The molecule has 0 aromatic heterocycles. The fourth-order valence-corrected chi connectivity index (χ4v) is 4.55. The zero-order valence-corrected chi connectivity index (χ0v) is 19.6. The van der Waals surface area contributed by atoms with Gasteiger partial charge in [0, 0.05) is 6.54 Å². The summed E-state index contributed by atoms with van der Waals surface area (Å²) in [7, 11) is 0. The Labute approximate surface area is 203 Å². The maximum atomic E-state index is 12.9. The van der Waals surface area contributed by atoms with Crippen molar-refractivity contribution < 1.29 is 23.9 Å². The van der Waals surface area contributed by atoms with Gasteiger partial charge in [-0.15, -0.1) is 0 Å². The molecule has 3 amide bonds. The van der Waals surface area contributed by atoms with Gasteiger partial charge in [-0.25, -0.2) is 4.79 Å².